The van der Waals surface area contributed by atoms with Gasteiger partial charge in [-0.1, -0.05) is 38.3 Å². The molecule has 31 heavy (non-hydrogen) atoms. The Kier molecular flexibility index (Phi) is 5.60. The predicted octanol–water partition coefficient (Wildman–Crippen LogP) is 3.37. The Morgan fingerprint density at radius 3 is 2.65 bits per heavy atom. The number of allylic oxidation sites excluding steroid dienone is 1. The predicted molar refractivity (Wildman–Crippen MR) is 118 cm³/mol. The molecule has 3 unspecified atom stereocenters. The number of hydrogen-bond donors (Lipinski definition) is 4. The van der Waals surface area contributed by atoms with Crippen molar-refractivity contribution in [3.8, 4) is 12.3 Å². The lowest BCUT2D eigenvalue weighted by Crippen LogP contribution is -2.61. The molecule has 172 valence electrons. The van der Waals surface area contributed by atoms with E-state index in [9.17, 15) is 20.1 Å². The van der Waals surface area contributed by atoms with Crippen LogP contribution < -0.4 is 0 Å². The Morgan fingerprint density at radius 1 is 1.29 bits per heavy atom. The van der Waals surface area contributed by atoms with Crippen LogP contribution in [0.1, 0.15) is 72.1 Å². The molecule has 0 bridgehead atoms. The van der Waals surface area contributed by atoms with Crippen molar-refractivity contribution in [1.29, 1.82) is 0 Å². The van der Waals surface area contributed by atoms with Crippen LogP contribution >= 0.6 is 0 Å². The summed E-state index contributed by atoms with van der Waals surface area (Å²) in [7, 11) is 0. The van der Waals surface area contributed by atoms with Crippen molar-refractivity contribution < 1.29 is 25.2 Å². The molecule has 0 saturated heterocycles. The van der Waals surface area contributed by atoms with Crippen LogP contribution in [-0.2, 0) is 4.79 Å². The number of carbonyl (C=O) groups is 1. The second-order valence-corrected chi connectivity index (χ2v) is 11.5. The van der Waals surface area contributed by atoms with E-state index in [0.717, 1.165) is 12.8 Å². The summed E-state index contributed by atoms with van der Waals surface area (Å²) in [6.45, 7) is 6.51. The first-order chi connectivity index (χ1) is 14.5. The van der Waals surface area contributed by atoms with Gasteiger partial charge in [0.15, 0.2) is 0 Å². The molecule has 5 heteroatoms. The molecule has 4 rings (SSSR count). The highest BCUT2D eigenvalue weighted by molar-refractivity contribution is 5.66. The third-order valence-corrected chi connectivity index (χ3v) is 10.1. The van der Waals surface area contributed by atoms with E-state index < -0.39 is 29.2 Å². The maximum Gasteiger partial charge on any atom is 0.303 e. The van der Waals surface area contributed by atoms with Gasteiger partial charge >= 0.3 is 5.97 Å². The number of fused-ring (bicyclic) bond motifs is 5. The minimum absolute atomic E-state index is 0.0170. The van der Waals surface area contributed by atoms with Gasteiger partial charge in [-0.2, -0.15) is 0 Å². The molecule has 0 aromatic rings. The average molecular weight is 431 g/mol. The SMILES string of the molecule is C#C[C@@]1(O)CC[C@@]2(C)C(C[C@@H](O)C3C4=CC[C@H]([C@H](C)CCC(=O)O)[C@@]4(C)[C@@H](O)CC32)C1. The first kappa shape index (κ1) is 22.8. The number of hydrogen-bond acceptors (Lipinski definition) is 4. The Balaban J connectivity index is 1.62. The molecule has 4 aliphatic carbocycles. The molecular weight excluding hydrogens is 392 g/mol. The number of aliphatic hydroxyl groups is 3. The summed E-state index contributed by atoms with van der Waals surface area (Å²) in [6, 6.07) is 0. The molecule has 3 saturated carbocycles. The Bertz CT molecular complexity index is 813. The smallest absolute Gasteiger partial charge is 0.303 e. The van der Waals surface area contributed by atoms with Gasteiger partial charge in [0.1, 0.15) is 5.60 Å². The van der Waals surface area contributed by atoms with E-state index in [1.165, 1.54) is 5.57 Å². The third kappa shape index (κ3) is 3.37. The molecule has 4 aliphatic rings. The van der Waals surface area contributed by atoms with E-state index in [-0.39, 0.29) is 41.4 Å². The van der Waals surface area contributed by atoms with Crippen LogP contribution in [0.15, 0.2) is 11.6 Å². The number of carboxylic acids is 1. The van der Waals surface area contributed by atoms with Crippen molar-refractivity contribution in [2.75, 3.05) is 0 Å². The lowest BCUT2D eigenvalue weighted by Gasteiger charge is -2.62. The van der Waals surface area contributed by atoms with Gasteiger partial charge < -0.3 is 20.4 Å². The number of aliphatic carboxylic acids is 1. The van der Waals surface area contributed by atoms with Crippen LogP contribution in [0.25, 0.3) is 0 Å². The maximum atomic E-state index is 11.5. The minimum Gasteiger partial charge on any atom is -0.481 e. The van der Waals surface area contributed by atoms with Gasteiger partial charge in [0.25, 0.3) is 0 Å². The van der Waals surface area contributed by atoms with E-state index in [0.29, 0.717) is 32.1 Å². The molecule has 0 spiro atoms. The van der Waals surface area contributed by atoms with Crippen LogP contribution in [0.3, 0.4) is 0 Å². The summed E-state index contributed by atoms with van der Waals surface area (Å²) in [6.07, 6.45) is 11.6. The zero-order valence-electron chi connectivity index (χ0n) is 19.1. The molecule has 0 aromatic carbocycles. The van der Waals surface area contributed by atoms with Gasteiger partial charge in [0.05, 0.1) is 12.2 Å². The van der Waals surface area contributed by atoms with Crippen molar-refractivity contribution in [2.45, 2.75) is 89.9 Å². The van der Waals surface area contributed by atoms with Crippen LogP contribution in [0.2, 0.25) is 0 Å². The summed E-state index contributed by atoms with van der Waals surface area (Å²) in [4.78, 5) is 11.1. The lowest BCUT2D eigenvalue weighted by atomic mass is 9.43. The van der Waals surface area contributed by atoms with E-state index in [2.05, 4.69) is 32.8 Å². The van der Waals surface area contributed by atoms with Crippen LogP contribution in [0.5, 0.6) is 0 Å². The number of terminal acetylenes is 1. The number of aliphatic hydroxyl groups excluding tert-OH is 2. The van der Waals surface area contributed by atoms with E-state index >= 15 is 0 Å². The van der Waals surface area contributed by atoms with Gasteiger partial charge in [0.2, 0.25) is 0 Å². The quantitative estimate of drug-likeness (QED) is 0.405. The summed E-state index contributed by atoms with van der Waals surface area (Å²) >= 11 is 0. The highest BCUT2D eigenvalue weighted by Gasteiger charge is 2.64. The summed E-state index contributed by atoms with van der Waals surface area (Å²) < 4.78 is 0. The normalized spacial score (nSPS) is 49.8. The third-order valence-electron chi connectivity index (χ3n) is 10.1. The Morgan fingerprint density at radius 2 is 2.00 bits per heavy atom. The molecule has 10 atom stereocenters. The van der Waals surface area contributed by atoms with Gasteiger partial charge in [-0.05, 0) is 74.0 Å². The minimum atomic E-state index is -1.09. The van der Waals surface area contributed by atoms with Gasteiger partial charge in [0, 0.05) is 17.8 Å². The molecule has 4 N–H and O–H groups in total. The van der Waals surface area contributed by atoms with Crippen LogP contribution in [-0.4, -0.2) is 44.2 Å². The van der Waals surface area contributed by atoms with Crippen molar-refractivity contribution >= 4 is 5.97 Å². The van der Waals surface area contributed by atoms with Crippen LogP contribution in [0, 0.1) is 52.8 Å². The molecule has 3 fully saturated rings. The molecule has 0 aromatic heterocycles. The lowest BCUT2D eigenvalue weighted by molar-refractivity contribution is -0.165. The zero-order valence-corrected chi connectivity index (χ0v) is 19.1. The summed E-state index contributed by atoms with van der Waals surface area (Å²) in [5.74, 6) is 2.49. The fourth-order valence-electron chi connectivity index (χ4n) is 8.08. The summed E-state index contributed by atoms with van der Waals surface area (Å²) in [5, 5.41) is 42.6. The highest BCUT2D eigenvalue weighted by Crippen LogP contribution is 2.67. The topological polar surface area (TPSA) is 98.0 Å². The van der Waals surface area contributed by atoms with Gasteiger partial charge in [-0.25, -0.2) is 0 Å². The average Bonchev–Trinajstić information content (AvgIpc) is 3.07. The molecule has 5 nitrogen and oxygen atoms in total. The second-order valence-electron chi connectivity index (χ2n) is 11.5. The second kappa shape index (κ2) is 7.61. The Hall–Kier alpha value is -1.35. The fourth-order valence-corrected chi connectivity index (χ4v) is 8.08. The fraction of sp³-hybridized carbons (Fsp3) is 0.808. The molecule has 0 radical (unpaired) electrons. The summed E-state index contributed by atoms with van der Waals surface area (Å²) in [5.41, 5.74) is -0.385. The maximum absolute atomic E-state index is 11.5. The van der Waals surface area contributed by atoms with Crippen molar-refractivity contribution in [3.63, 3.8) is 0 Å². The molecule has 0 aliphatic heterocycles. The van der Waals surface area contributed by atoms with Crippen molar-refractivity contribution in [2.24, 2.45) is 40.4 Å². The Labute approximate surface area is 185 Å². The standard InChI is InChI=1S/C26H38O5/c1-5-26(31)11-10-24(3)16(14-26)12-20(27)23-18-8-7-17(15(2)6-9-22(29)30)25(18,4)21(28)13-19(23)24/h1,8,15-17,19-21,23,27-28,31H,6-7,9-14H2,2-4H3,(H,29,30)/t15-,16?,17-,19?,20-,21+,23?,24+,25-,26-/m1/s1. The highest BCUT2D eigenvalue weighted by atomic mass is 16.4. The van der Waals surface area contributed by atoms with Gasteiger partial charge in [-0.15, -0.1) is 6.42 Å². The largest absolute Gasteiger partial charge is 0.481 e. The van der Waals surface area contributed by atoms with Crippen LogP contribution in [0.4, 0.5) is 0 Å². The molecular formula is C26H38O5. The molecule has 0 amide bonds. The first-order valence-corrected chi connectivity index (χ1v) is 11.9. The zero-order chi connectivity index (χ0) is 22.8. The van der Waals surface area contributed by atoms with E-state index in [1.807, 2.05) is 0 Å². The molecule has 0 heterocycles. The number of carboxylic acid groups (broad SMARTS) is 1. The van der Waals surface area contributed by atoms with Crippen molar-refractivity contribution in [1.82, 2.24) is 0 Å². The first-order valence-electron chi connectivity index (χ1n) is 11.9. The van der Waals surface area contributed by atoms with E-state index in [1.54, 1.807) is 0 Å². The van der Waals surface area contributed by atoms with E-state index in [4.69, 9.17) is 11.5 Å². The number of rotatable bonds is 4. The van der Waals surface area contributed by atoms with Gasteiger partial charge in [-0.3, -0.25) is 4.79 Å². The van der Waals surface area contributed by atoms with Crippen molar-refractivity contribution in [3.05, 3.63) is 11.6 Å². The monoisotopic (exact) mass is 430 g/mol.